The molecule has 1 aromatic rings. The van der Waals surface area contributed by atoms with Gasteiger partial charge in [-0.1, -0.05) is 6.07 Å². The second-order valence-electron chi connectivity index (χ2n) is 4.70. The van der Waals surface area contributed by atoms with Crippen molar-refractivity contribution in [1.82, 2.24) is 5.32 Å². The summed E-state index contributed by atoms with van der Waals surface area (Å²) in [5.74, 6) is 1.09. The molecular formula is C14H22N2O3. The van der Waals surface area contributed by atoms with Gasteiger partial charge in [-0.25, -0.2) is 0 Å². The first-order valence-corrected chi connectivity index (χ1v) is 6.29. The molecule has 0 aliphatic heterocycles. The lowest BCUT2D eigenvalue weighted by atomic mass is 10.1. The van der Waals surface area contributed by atoms with Gasteiger partial charge in [-0.3, -0.25) is 4.79 Å². The maximum Gasteiger partial charge on any atom is 0.258 e. The molecule has 3 N–H and O–H groups in total. The van der Waals surface area contributed by atoms with Crippen LogP contribution in [-0.2, 0) is 4.79 Å². The summed E-state index contributed by atoms with van der Waals surface area (Å²) in [6.07, 6.45) is 0. The number of amides is 1. The van der Waals surface area contributed by atoms with E-state index in [9.17, 15) is 4.79 Å². The van der Waals surface area contributed by atoms with E-state index in [1.54, 1.807) is 13.2 Å². The van der Waals surface area contributed by atoms with Crippen molar-refractivity contribution in [2.75, 3.05) is 13.7 Å². The van der Waals surface area contributed by atoms with Crippen LogP contribution in [-0.4, -0.2) is 25.7 Å². The van der Waals surface area contributed by atoms with Crippen molar-refractivity contribution in [2.24, 2.45) is 5.73 Å². The van der Waals surface area contributed by atoms with Crippen LogP contribution in [0.1, 0.15) is 32.4 Å². The standard InChI is InChI=1S/C14H22N2O3/c1-9(2)16-14(17)8-19-13-7-11(18-4)5-6-12(13)10(3)15/h5-7,9-10H,8,15H2,1-4H3,(H,16,17)/t10-/m0/s1. The third kappa shape index (κ3) is 4.79. The van der Waals surface area contributed by atoms with Crippen LogP contribution < -0.4 is 20.5 Å². The van der Waals surface area contributed by atoms with Crippen molar-refractivity contribution >= 4 is 5.91 Å². The second-order valence-corrected chi connectivity index (χ2v) is 4.70. The maximum absolute atomic E-state index is 11.6. The Kier molecular flexibility index (Phi) is 5.63. The highest BCUT2D eigenvalue weighted by atomic mass is 16.5. The minimum absolute atomic E-state index is 0.0366. The summed E-state index contributed by atoms with van der Waals surface area (Å²) in [5, 5.41) is 2.76. The van der Waals surface area contributed by atoms with E-state index in [1.165, 1.54) is 0 Å². The van der Waals surface area contributed by atoms with Crippen molar-refractivity contribution in [1.29, 1.82) is 0 Å². The number of nitrogens with two attached hydrogens (primary N) is 1. The van der Waals surface area contributed by atoms with Gasteiger partial charge < -0.3 is 20.5 Å². The van der Waals surface area contributed by atoms with E-state index in [2.05, 4.69) is 5.32 Å². The zero-order valence-electron chi connectivity index (χ0n) is 11.9. The average molecular weight is 266 g/mol. The normalized spacial score (nSPS) is 12.1. The molecule has 5 heteroatoms. The number of rotatable bonds is 6. The molecule has 0 heterocycles. The van der Waals surface area contributed by atoms with Crippen LogP contribution >= 0.6 is 0 Å². The second kappa shape index (κ2) is 6.99. The molecule has 0 unspecified atom stereocenters. The van der Waals surface area contributed by atoms with Crippen LogP contribution in [0.15, 0.2) is 18.2 Å². The molecule has 0 fully saturated rings. The van der Waals surface area contributed by atoms with Crippen molar-refractivity contribution < 1.29 is 14.3 Å². The van der Waals surface area contributed by atoms with Gasteiger partial charge in [0.25, 0.3) is 5.91 Å². The van der Waals surface area contributed by atoms with Gasteiger partial charge in [-0.15, -0.1) is 0 Å². The monoisotopic (exact) mass is 266 g/mol. The lowest BCUT2D eigenvalue weighted by Crippen LogP contribution is -2.34. The Bertz CT molecular complexity index is 431. The Morgan fingerprint density at radius 3 is 2.58 bits per heavy atom. The number of hydrogen-bond donors (Lipinski definition) is 2. The fraction of sp³-hybridized carbons (Fsp3) is 0.500. The summed E-state index contributed by atoms with van der Waals surface area (Å²) in [6, 6.07) is 5.32. The van der Waals surface area contributed by atoms with Crippen molar-refractivity contribution in [3.05, 3.63) is 23.8 Å². The minimum Gasteiger partial charge on any atom is -0.497 e. The van der Waals surface area contributed by atoms with Gasteiger partial charge >= 0.3 is 0 Å². The zero-order chi connectivity index (χ0) is 14.4. The lowest BCUT2D eigenvalue weighted by molar-refractivity contribution is -0.123. The average Bonchev–Trinajstić information content (AvgIpc) is 2.34. The van der Waals surface area contributed by atoms with Crippen molar-refractivity contribution in [3.63, 3.8) is 0 Å². The summed E-state index contributed by atoms with van der Waals surface area (Å²) < 4.78 is 10.7. The molecule has 0 aliphatic rings. The Morgan fingerprint density at radius 2 is 2.05 bits per heavy atom. The fourth-order valence-electron chi connectivity index (χ4n) is 1.65. The topological polar surface area (TPSA) is 73.6 Å². The molecule has 0 spiro atoms. The summed E-state index contributed by atoms with van der Waals surface area (Å²) in [6.45, 7) is 5.63. The third-order valence-electron chi connectivity index (χ3n) is 2.52. The van der Waals surface area contributed by atoms with Gasteiger partial charge in [0.05, 0.1) is 7.11 Å². The van der Waals surface area contributed by atoms with Gasteiger partial charge in [-0.2, -0.15) is 0 Å². The fourth-order valence-corrected chi connectivity index (χ4v) is 1.65. The zero-order valence-corrected chi connectivity index (χ0v) is 11.9. The van der Waals surface area contributed by atoms with Crippen LogP contribution in [0.3, 0.4) is 0 Å². The molecule has 106 valence electrons. The number of nitrogens with one attached hydrogen (secondary N) is 1. The van der Waals surface area contributed by atoms with Crippen LogP contribution in [0.25, 0.3) is 0 Å². The molecular weight excluding hydrogens is 244 g/mol. The van der Waals surface area contributed by atoms with Gasteiger partial charge in [0.15, 0.2) is 6.61 Å². The van der Waals surface area contributed by atoms with E-state index in [1.807, 2.05) is 32.9 Å². The highest BCUT2D eigenvalue weighted by Crippen LogP contribution is 2.28. The Morgan fingerprint density at radius 1 is 1.37 bits per heavy atom. The predicted octanol–water partition coefficient (Wildman–Crippen LogP) is 1.62. The quantitative estimate of drug-likeness (QED) is 0.820. The largest absolute Gasteiger partial charge is 0.497 e. The SMILES string of the molecule is COc1ccc([C@H](C)N)c(OCC(=O)NC(C)C)c1. The number of ether oxygens (including phenoxy) is 2. The summed E-state index contributed by atoms with van der Waals surface area (Å²) in [5.41, 5.74) is 6.72. The van der Waals surface area contributed by atoms with Crippen LogP contribution in [0.4, 0.5) is 0 Å². The van der Waals surface area contributed by atoms with E-state index < -0.39 is 0 Å². The molecule has 0 bridgehead atoms. The van der Waals surface area contributed by atoms with E-state index in [0.717, 1.165) is 5.56 Å². The smallest absolute Gasteiger partial charge is 0.258 e. The minimum atomic E-state index is -0.172. The molecule has 1 rings (SSSR count). The van der Waals surface area contributed by atoms with Gasteiger partial charge in [-0.05, 0) is 26.8 Å². The van der Waals surface area contributed by atoms with Crippen LogP contribution in [0.5, 0.6) is 11.5 Å². The lowest BCUT2D eigenvalue weighted by Gasteiger charge is -2.15. The maximum atomic E-state index is 11.6. The molecule has 19 heavy (non-hydrogen) atoms. The Labute approximate surface area is 114 Å². The number of methoxy groups -OCH3 is 1. The molecule has 0 saturated carbocycles. The first kappa shape index (κ1) is 15.3. The molecule has 5 nitrogen and oxygen atoms in total. The summed E-state index contributed by atoms with van der Waals surface area (Å²) >= 11 is 0. The third-order valence-corrected chi connectivity index (χ3v) is 2.52. The first-order valence-electron chi connectivity index (χ1n) is 6.29. The molecule has 0 saturated heterocycles. The van der Waals surface area contributed by atoms with E-state index in [-0.39, 0.29) is 24.6 Å². The Balaban J connectivity index is 2.77. The molecule has 0 radical (unpaired) electrons. The molecule has 1 atom stereocenters. The van der Waals surface area contributed by atoms with E-state index in [0.29, 0.717) is 11.5 Å². The highest BCUT2D eigenvalue weighted by Gasteiger charge is 2.11. The van der Waals surface area contributed by atoms with Crippen LogP contribution in [0, 0.1) is 0 Å². The molecule has 0 aliphatic carbocycles. The predicted molar refractivity (Wildman–Crippen MR) is 74.4 cm³/mol. The summed E-state index contributed by atoms with van der Waals surface area (Å²) in [4.78, 5) is 11.6. The van der Waals surface area contributed by atoms with E-state index >= 15 is 0 Å². The molecule has 1 aromatic carbocycles. The Hall–Kier alpha value is -1.75. The van der Waals surface area contributed by atoms with Crippen molar-refractivity contribution in [2.45, 2.75) is 32.9 Å². The number of hydrogen-bond acceptors (Lipinski definition) is 4. The molecule has 0 aromatic heterocycles. The first-order chi connectivity index (χ1) is 8.93. The molecule has 1 amide bonds. The number of carbonyl (C=O) groups is 1. The van der Waals surface area contributed by atoms with Gasteiger partial charge in [0.1, 0.15) is 11.5 Å². The van der Waals surface area contributed by atoms with Crippen molar-refractivity contribution in [3.8, 4) is 11.5 Å². The van der Waals surface area contributed by atoms with E-state index in [4.69, 9.17) is 15.2 Å². The van der Waals surface area contributed by atoms with Gasteiger partial charge in [0, 0.05) is 23.7 Å². The number of carbonyl (C=O) groups excluding carboxylic acids is 1. The highest BCUT2D eigenvalue weighted by molar-refractivity contribution is 5.77. The number of benzene rings is 1. The van der Waals surface area contributed by atoms with Crippen LogP contribution in [0.2, 0.25) is 0 Å². The van der Waals surface area contributed by atoms with Gasteiger partial charge in [0.2, 0.25) is 0 Å². The summed E-state index contributed by atoms with van der Waals surface area (Å²) in [7, 11) is 1.58.